The Bertz CT molecular complexity index is 1230. The largest absolute Gasteiger partial charge is 0.504 e. The number of fused-ring (bicyclic) bond motifs is 1. The third kappa shape index (κ3) is 5.02. The number of nitrogen functional groups attached to an aromatic ring is 1. The van der Waals surface area contributed by atoms with Crippen molar-refractivity contribution in [1.82, 2.24) is 24.4 Å². The van der Waals surface area contributed by atoms with Crippen LogP contribution in [0.2, 0.25) is 0 Å². The summed E-state index contributed by atoms with van der Waals surface area (Å²) in [6.07, 6.45) is 0.743. The highest BCUT2D eigenvalue weighted by Gasteiger charge is 2.26. The topological polar surface area (TPSA) is 151 Å². The first-order valence-corrected chi connectivity index (χ1v) is 12.1. The maximum Gasteiger partial charge on any atom is 0.312 e. The number of carbonyl (C=O) groups excluding carboxylic acids is 1. The van der Waals surface area contributed by atoms with Crippen LogP contribution in [-0.2, 0) is 17.8 Å². The van der Waals surface area contributed by atoms with Crippen LogP contribution >= 0.6 is 22.6 Å². The summed E-state index contributed by atoms with van der Waals surface area (Å²) < 4.78 is 16.6. The molecule has 34 heavy (non-hydrogen) atoms. The van der Waals surface area contributed by atoms with Crippen LogP contribution in [0, 0.1) is 15.6 Å². The van der Waals surface area contributed by atoms with E-state index in [1.54, 1.807) is 4.90 Å². The van der Waals surface area contributed by atoms with Crippen molar-refractivity contribution in [2.45, 2.75) is 45.3 Å². The van der Waals surface area contributed by atoms with Crippen molar-refractivity contribution >= 4 is 45.5 Å². The fourth-order valence-electron chi connectivity index (χ4n) is 4.33. The summed E-state index contributed by atoms with van der Waals surface area (Å²) in [5.41, 5.74) is 7.27. The Balaban J connectivity index is 1.58. The van der Waals surface area contributed by atoms with Crippen molar-refractivity contribution in [2.24, 2.45) is 5.92 Å². The van der Waals surface area contributed by atoms with Gasteiger partial charge in [0.05, 0.1) is 0 Å². The molecule has 1 aliphatic heterocycles. The molecule has 1 saturated heterocycles. The first kappa shape index (κ1) is 24.4. The number of nitrogens with two attached hydrogens (primary N) is 1. The fraction of sp³-hybridized carbons (Fsp3) is 0.455. The molecule has 2 aromatic heterocycles. The summed E-state index contributed by atoms with van der Waals surface area (Å²) in [4.78, 5) is 25.8. The SMILES string of the molecule is C[C@H](O)C(=O)N1CCC(CCn2c(Cc3cc(O)c(O)cc3I)nc3c(N)nc(F)nc32)CC1. The summed E-state index contributed by atoms with van der Waals surface area (Å²) in [6, 6.07) is 2.94. The Kier molecular flexibility index (Phi) is 7.07. The molecular weight excluding hydrogens is 558 g/mol. The molecule has 0 bridgehead atoms. The van der Waals surface area contributed by atoms with Crippen molar-refractivity contribution in [3.63, 3.8) is 0 Å². The molecule has 5 N–H and O–H groups in total. The standard InChI is InChI=1S/C22H26FIN6O4/c1-11(31)21(34)29-5-2-12(3-6-29)4-7-30-17(9-13-8-15(32)16(33)10-14(13)24)26-18-19(25)27-22(23)28-20(18)30/h8,10-12,31-33H,2-7,9H2,1H3,(H2,25,27,28)/t11-/m0/s1. The van der Waals surface area contributed by atoms with E-state index in [1.165, 1.54) is 19.1 Å². The van der Waals surface area contributed by atoms with Crippen molar-refractivity contribution in [3.05, 3.63) is 33.2 Å². The second kappa shape index (κ2) is 9.86. The lowest BCUT2D eigenvalue weighted by molar-refractivity contribution is -0.140. The number of benzene rings is 1. The first-order chi connectivity index (χ1) is 16.1. The zero-order valence-corrected chi connectivity index (χ0v) is 20.7. The van der Waals surface area contributed by atoms with Crippen LogP contribution in [0.15, 0.2) is 12.1 Å². The number of carbonyl (C=O) groups is 1. The molecule has 182 valence electrons. The molecule has 0 aliphatic carbocycles. The third-order valence-corrected chi connectivity index (χ3v) is 7.21. The molecule has 1 aliphatic rings. The molecule has 0 saturated carbocycles. The van der Waals surface area contributed by atoms with E-state index in [4.69, 9.17) is 5.73 Å². The van der Waals surface area contributed by atoms with Gasteiger partial charge in [0.1, 0.15) is 11.9 Å². The van der Waals surface area contributed by atoms with Gasteiger partial charge in [0, 0.05) is 29.6 Å². The number of aromatic hydroxyl groups is 2. The second-order valence-corrected chi connectivity index (χ2v) is 9.73. The zero-order valence-electron chi connectivity index (χ0n) is 18.6. The Morgan fingerprint density at radius 3 is 2.59 bits per heavy atom. The van der Waals surface area contributed by atoms with Crippen LogP contribution in [0.5, 0.6) is 11.5 Å². The molecule has 3 aromatic rings. The number of phenols is 2. The molecule has 0 spiro atoms. The van der Waals surface area contributed by atoms with E-state index in [9.17, 15) is 24.5 Å². The minimum absolute atomic E-state index is 0.0457. The van der Waals surface area contributed by atoms with Crippen LogP contribution in [0.4, 0.5) is 10.2 Å². The number of nitrogens with zero attached hydrogens (tertiary/aromatic N) is 5. The Hall–Kier alpha value is -2.74. The van der Waals surface area contributed by atoms with Gasteiger partial charge < -0.3 is 30.5 Å². The second-order valence-electron chi connectivity index (χ2n) is 8.57. The number of aliphatic hydroxyl groups is 1. The van der Waals surface area contributed by atoms with Crippen LogP contribution < -0.4 is 5.73 Å². The van der Waals surface area contributed by atoms with Crippen LogP contribution in [0.25, 0.3) is 11.2 Å². The van der Waals surface area contributed by atoms with E-state index in [1.807, 2.05) is 4.57 Å². The molecule has 0 unspecified atom stereocenters. The summed E-state index contributed by atoms with van der Waals surface area (Å²) in [6.45, 7) is 3.15. The number of phenolic OH excluding ortho intramolecular Hbond substituents is 2. The number of aliphatic hydroxyl groups excluding tert-OH is 1. The van der Waals surface area contributed by atoms with Gasteiger partial charge in [-0.1, -0.05) is 0 Å². The molecule has 1 amide bonds. The number of rotatable bonds is 6. The number of amides is 1. The van der Waals surface area contributed by atoms with Gasteiger partial charge in [0.15, 0.2) is 28.5 Å². The van der Waals surface area contributed by atoms with E-state index < -0.39 is 12.2 Å². The lowest BCUT2D eigenvalue weighted by Gasteiger charge is -2.32. The number of hydrogen-bond donors (Lipinski definition) is 4. The highest BCUT2D eigenvalue weighted by molar-refractivity contribution is 14.1. The number of aromatic nitrogens is 4. The highest BCUT2D eigenvalue weighted by atomic mass is 127. The molecule has 1 fully saturated rings. The molecule has 3 heterocycles. The summed E-state index contributed by atoms with van der Waals surface area (Å²) in [5, 5.41) is 29.2. The van der Waals surface area contributed by atoms with Gasteiger partial charge in [-0.25, -0.2) is 4.98 Å². The summed E-state index contributed by atoms with van der Waals surface area (Å²) >= 11 is 2.07. The van der Waals surface area contributed by atoms with E-state index in [-0.39, 0.29) is 23.2 Å². The average Bonchev–Trinajstić information content (AvgIpc) is 3.13. The van der Waals surface area contributed by atoms with Gasteiger partial charge in [0.25, 0.3) is 5.91 Å². The quantitative estimate of drug-likeness (QED) is 0.196. The molecule has 1 aromatic carbocycles. The van der Waals surface area contributed by atoms with Gasteiger partial charge in [-0.15, -0.1) is 0 Å². The maximum atomic E-state index is 14.0. The van der Waals surface area contributed by atoms with Gasteiger partial charge >= 0.3 is 6.08 Å². The summed E-state index contributed by atoms with van der Waals surface area (Å²) in [5.74, 6) is 0.184. The maximum absolute atomic E-state index is 14.0. The third-order valence-electron chi connectivity index (χ3n) is 6.21. The zero-order chi connectivity index (χ0) is 24.6. The Morgan fingerprint density at radius 2 is 1.91 bits per heavy atom. The number of halogens is 2. The van der Waals surface area contributed by atoms with Crippen molar-refractivity contribution in [2.75, 3.05) is 18.8 Å². The van der Waals surface area contributed by atoms with E-state index in [0.717, 1.165) is 28.4 Å². The van der Waals surface area contributed by atoms with Crippen molar-refractivity contribution in [3.8, 4) is 11.5 Å². The number of hydrogen-bond acceptors (Lipinski definition) is 8. The highest BCUT2D eigenvalue weighted by Crippen LogP contribution is 2.31. The van der Waals surface area contributed by atoms with Gasteiger partial charge in [0.2, 0.25) is 0 Å². The van der Waals surface area contributed by atoms with E-state index >= 15 is 0 Å². The fourth-order valence-corrected chi connectivity index (χ4v) is 4.97. The smallest absolute Gasteiger partial charge is 0.312 e. The minimum atomic E-state index is -1.00. The number of imidazole rings is 1. The molecule has 0 radical (unpaired) electrons. The first-order valence-electron chi connectivity index (χ1n) is 11.0. The lowest BCUT2D eigenvalue weighted by Crippen LogP contribution is -2.43. The Morgan fingerprint density at radius 1 is 1.24 bits per heavy atom. The average molecular weight is 584 g/mol. The molecule has 10 nitrogen and oxygen atoms in total. The molecule has 1 atom stereocenters. The monoisotopic (exact) mass is 584 g/mol. The van der Waals surface area contributed by atoms with Gasteiger partial charge in [-0.2, -0.15) is 14.4 Å². The molecule has 4 rings (SSSR count). The number of aryl methyl sites for hydroxylation is 1. The Labute approximate surface area is 208 Å². The predicted molar refractivity (Wildman–Crippen MR) is 131 cm³/mol. The van der Waals surface area contributed by atoms with Crippen LogP contribution in [-0.4, -0.2) is 64.8 Å². The van der Waals surface area contributed by atoms with E-state index in [2.05, 4.69) is 37.5 Å². The van der Waals surface area contributed by atoms with Crippen molar-refractivity contribution < 1.29 is 24.5 Å². The van der Waals surface area contributed by atoms with Gasteiger partial charge in [-0.3, -0.25) is 4.79 Å². The molecule has 12 heteroatoms. The molecular formula is C22H26FIN6O4. The number of anilines is 1. The number of piperidine rings is 1. The van der Waals surface area contributed by atoms with Gasteiger partial charge in [-0.05, 0) is 72.4 Å². The van der Waals surface area contributed by atoms with Crippen LogP contribution in [0.3, 0.4) is 0 Å². The number of likely N-dealkylation sites (tertiary alicyclic amines) is 1. The van der Waals surface area contributed by atoms with Crippen LogP contribution in [0.1, 0.15) is 37.6 Å². The minimum Gasteiger partial charge on any atom is -0.504 e. The van der Waals surface area contributed by atoms with Crippen molar-refractivity contribution in [1.29, 1.82) is 0 Å². The summed E-state index contributed by atoms with van der Waals surface area (Å²) in [7, 11) is 0. The van der Waals surface area contributed by atoms with E-state index in [0.29, 0.717) is 49.0 Å². The normalized spacial score (nSPS) is 15.7. The lowest BCUT2D eigenvalue weighted by atomic mass is 9.93. The predicted octanol–water partition coefficient (Wildman–Crippen LogP) is 2.16.